The lowest BCUT2D eigenvalue weighted by atomic mass is 9.92. The maximum Gasteiger partial charge on any atom is 0.164 e. The monoisotopic (exact) mass is 666 g/mol. The van der Waals surface area contributed by atoms with Gasteiger partial charge in [0.05, 0.1) is 5.52 Å². The highest BCUT2D eigenvalue weighted by atomic mass is 16.3. The maximum atomic E-state index is 6.43. The summed E-state index contributed by atoms with van der Waals surface area (Å²) >= 11 is 0. The van der Waals surface area contributed by atoms with E-state index in [1.54, 1.807) is 0 Å². The van der Waals surface area contributed by atoms with E-state index >= 15 is 0 Å². The van der Waals surface area contributed by atoms with Crippen LogP contribution in [0.3, 0.4) is 0 Å². The fourth-order valence-corrected chi connectivity index (χ4v) is 7.64. The molecule has 4 aromatic heterocycles. The fraction of sp³-hybridized carbons (Fsp3) is 0. The Morgan fingerprint density at radius 1 is 0.365 bits per heavy atom. The molecule has 0 fully saturated rings. The van der Waals surface area contributed by atoms with E-state index in [0.29, 0.717) is 17.5 Å². The molecular weight excluding hydrogens is 641 g/mol. The Balaban J connectivity index is 1.15. The van der Waals surface area contributed by atoms with Crippen LogP contribution in [0.15, 0.2) is 167 Å². The van der Waals surface area contributed by atoms with Crippen LogP contribution in [0.1, 0.15) is 0 Å². The number of benzene rings is 7. The molecule has 11 rings (SSSR count). The minimum Gasteiger partial charge on any atom is -0.456 e. The first kappa shape index (κ1) is 28.6. The number of hydrogen-bond acceptors (Lipinski definition) is 6. The quantitative estimate of drug-likeness (QED) is 0.186. The zero-order valence-electron chi connectivity index (χ0n) is 27.6. The third-order valence-electron chi connectivity index (χ3n) is 9.99. The predicted molar refractivity (Wildman–Crippen MR) is 209 cm³/mol. The standard InChI is InChI=1S/C46H26N4O2/c1-2-11-27(12-3-1)44-48-45(50-46(49-44)35-18-9-21-40-43(35)34-16-6-7-19-38(34)51-40)33-23-22-31(29-14-4-5-15-30(29)33)32-17-8-20-39-42(32)36-26-37-28(13-10-24-47-37)25-41(36)52-39/h1-26H. The first-order chi connectivity index (χ1) is 25.8. The molecule has 4 heterocycles. The molecule has 0 saturated carbocycles. The summed E-state index contributed by atoms with van der Waals surface area (Å²) in [6.45, 7) is 0. The van der Waals surface area contributed by atoms with Gasteiger partial charge in [-0.05, 0) is 64.4 Å². The molecule has 0 aliphatic carbocycles. The van der Waals surface area contributed by atoms with E-state index in [-0.39, 0.29) is 0 Å². The molecule has 52 heavy (non-hydrogen) atoms. The van der Waals surface area contributed by atoms with E-state index in [1.807, 2.05) is 79.0 Å². The van der Waals surface area contributed by atoms with E-state index in [4.69, 9.17) is 23.8 Å². The topological polar surface area (TPSA) is 77.8 Å². The van der Waals surface area contributed by atoms with Gasteiger partial charge in [-0.15, -0.1) is 0 Å². The lowest BCUT2D eigenvalue weighted by molar-refractivity contribution is 0.669. The number of para-hydroxylation sites is 1. The molecule has 6 nitrogen and oxygen atoms in total. The molecule has 11 aromatic rings. The van der Waals surface area contributed by atoms with Gasteiger partial charge in [-0.3, -0.25) is 4.98 Å². The molecule has 0 saturated heterocycles. The molecule has 0 amide bonds. The van der Waals surface area contributed by atoms with Crippen molar-refractivity contribution in [3.63, 3.8) is 0 Å². The number of hydrogen-bond donors (Lipinski definition) is 0. The van der Waals surface area contributed by atoms with Crippen LogP contribution in [0.25, 0.3) is 111 Å². The molecule has 7 aromatic carbocycles. The van der Waals surface area contributed by atoms with E-state index in [2.05, 4.69) is 83.8 Å². The molecule has 0 unspecified atom stereocenters. The van der Waals surface area contributed by atoms with Gasteiger partial charge in [0, 0.05) is 49.8 Å². The zero-order chi connectivity index (χ0) is 34.2. The number of nitrogens with zero attached hydrogens (tertiary/aromatic N) is 4. The maximum absolute atomic E-state index is 6.43. The van der Waals surface area contributed by atoms with Crippen molar-refractivity contribution in [1.82, 2.24) is 19.9 Å². The first-order valence-electron chi connectivity index (χ1n) is 17.2. The minimum absolute atomic E-state index is 0.588. The van der Waals surface area contributed by atoms with Gasteiger partial charge in [0.1, 0.15) is 22.3 Å². The molecule has 0 bridgehead atoms. The molecule has 0 radical (unpaired) electrons. The highest BCUT2D eigenvalue weighted by Crippen LogP contribution is 2.43. The summed E-state index contributed by atoms with van der Waals surface area (Å²) in [7, 11) is 0. The van der Waals surface area contributed by atoms with Crippen LogP contribution in [0.5, 0.6) is 0 Å². The number of pyridine rings is 1. The van der Waals surface area contributed by atoms with E-state index in [0.717, 1.165) is 93.4 Å². The average molecular weight is 667 g/mol. The highest BCUT2D eigenvalue weighted by Gasteiger charge is 2.21. The van der Waals surface area contributed by atoms with Gasteiger partial charge < -0.3 is 8.83 Å². The Hall–Kier alpha value is -7.18. The van der Waals surface area contributed by atoms with Crippen molar-refractivity contribution < 1.29 is 8.83 Å². The molecule has 242 valence electrons. The van der Waals surface area contributed by atoms with Crippen molar-refractivity contribution in [3.05, 3.63) is 158 Å². The summed E-state index contributed by atoms with van der Waals surface area (Å²) < 4.78 is 12.7. The van der Waals surface area contributed by atoms with Crippen LogP contribution >= 0.6 is 0 Å². The van der Waals surface area contributed by atoms with Crippen molar-refractivity contribution in [1.29, 1.82) is 0 Å². The molecular formula is C46H26N4O2. The van der Waals surface area contributed by atoms with Crippen molar-refractivity contribution in [3.8, 4) is 45.3 Å². The third-order valence-corrected chi connectivity index (χ3v) is 9.99. The number of furan rings is 2. The SMILES string of the molecule is c1ccc(-c2nc(-c3ccc(-c4cccc5oc6cc7cccnc7cc6c45)c4ccccc34)nc(-c3cccc4oc5ccccc5c34)n2)cc1. The second-order valence-electron chi connectivity index (χ2n) is 13.0. The normalized spacial score (nSPS) is 11.8. The van der Waals surface area contributed by atoms with Gasteiger partial charge >= 0.3 is 0 Å². The predicted octanol–water partition coefficient (Wildman–Crippen LogP) is 12.0. The van der Waals surface area contributed by atoms with Crippen molar-refractivity contribution >= 4 is 65.6 Å². The summed E-state index contributed by atoms with van der Waals surface area (Å²) in [6, 6.07) is 51.5. The van der Waals surface area contributed by atoms with Crippen molar-refractivity contribution in [2.75, 3.05) is 0 Å². The Morgan fingerprint density at radius 3 is 1.81 bits per heavy atom. The van der Waals surface area contributed by atoms with Crippen LogP contribution < -0.4 is 0 Å². The molecule has 0 spiro atoms. The van der Waals surface area contributed by atoms with E-state index in [9.17, 15) is 0 Å². The number of aromatic nitrogens is 4. The third kappa shape index (κ3) is 4.38. The van der Waals surface area contributed by atoms with Gasteiger partial charge in [-0.2, -0.15) is 0 Å². The van der Waals surface area contributed by atoms with E-state index in [1.165, 1.54) is 0 Å². The molecule has 0 aliphatic heterocycles. The van der Waals surface area contributed by atoms with Gasteiger partial charge in [-0.1, -0.05) is 109 Å². The van der Waals surface area contributed by atoms with Gasteiger partial charge in [0.25, 0.3) is 0 Å². The van der Waals surface area contributed by atoms with Crippen LogP contribution in [-0.2, 0) is 0 Å². The Kier molecular flexibility index (Phi) is 6.15. The molecule has 6 heteroatoms. The van der Waals surface area contributed by atoms with Crippen molar-refractivity contribution in [2.24, 2.45) is 0 Å². The van der Waals surface area contributed by atoms with Crippen LogP contribution in [-0.4, -0.2) is 19.9 Å². The highest BCUT2D eigenvalue weighted by molar-refractivity contribution is 6.18. The smallest absolute Gasteiger partial charge is 0.164 e. The molecule has 0 N–H and O–H groups in total. The van der Waals surface area contributed by atoms with Gasteiger partial charge in [0.2, 0.25) is 0 Å². The first-order valence-corrected chi connectivity index (χ1v) is 17.2. The average Bonchev–Trinajstić information content (AvgIpc) is 3.78. The van der Waals surface area contributed by atoms with Gasteiger partial charge in [-0.25, -0.2) is 15.0 Å². The van der Waals surface area contributed by atoms with Crippen molar-refractivity contribution in [2.45, 2.75) is 0 Å². The Morgan fingerprint density at radius 2 is 0.981 bits per heavy atom. The number of fused-ring (bicyclic) bond motifs is 8. The number of rotatable bonds is 4. The van der Waals surface area contributed by atoms with Gasteiger partial charge in [0.15, 0.2) is 17.5 Å². The summed E-state index contributed by atoms with van der Waals surface area (Å²) in [4.78, 5) is 20.1. The van der Waals surface area contributed by atoms with E-state index < -0.39 is 0 Å². The molecule has 0 aliphatic rings. The second kappa shape index (κ2) is 11.2. The van der Waals surface area contributed by atoms with Crippen LogP contribution in [0, 0.1) is 0 Å². The lowest BCUT2D eigenvalue weighted by Gasteiger charge is -2.14. The Bertz CT molecular complexity index is 3200. The lowest BCUT2D eigenvalue weighted by Crippen LogP contribution is -2.01. The summed E-state index contributed by atoms with van der Waals surface area (Å²) in [5, 5.41) is 7.30. The second-order valence-corrected chi connectivity index (χ2v) is 13.0. The van der Waals surface area contributed by atoms with Crippen LogP contribution in [0.2, 0.25) is 0 Å². The molecule has 0 atom stereocenters. The zero-order valence-corrected chi connectivity index (χ0v) is 27.6. The fourth-order valence-electron chi connectivity index (χ4n) is 7.64. The largest absolute Gasteiger partial charge is 0.456 e. The van der Waals surface area contributed by atoms with Crippen LogP contribution in [0.4, 0.5) is 0 Å². The summed E-state index contributed by atoms with van der Waals surface area (Å²) in [6.07, 6.45) is 1.83. The summed E-state index contributed by atoms with van der Waals surface area (Å²) in [5.74, 6) is 1.79. The Labute approximate surface area is 296 Å². The minimum atomic E-state index is 0.588. The summed E-state index contributed by atoms with van der Waals surface area (Å²) in [5.41, 5.74) is 9.16.